The Hall–Kier alpha value is -1.43. The Balaban J connectivity index is 1.98. The number of amides is 3. The lowest BCUT2D eigenvalue weighted by Gasteiger charge is -2.23. The molecule has 2 heterocycles. The van der Waals surface area contributed by atoms with Gasteiger partial charge in [-0.05, 0) is 13.0 Å². The van der Waals surface area contributed by atoms with E-state index in [1.54, 1.807) is 18.7 Å². The van der Waals surface area contributed by atoms with Crippen molar-refractivity contribution in [2.24, 2.45) is 11.8 Å². The molecular weight excluding hydrogens is 246 g/mol. The first kappa shape index (κ1) is 14.0. The Kier molecular flexibility index (Phi) is 4.19. The zero-order valence-electron chi connectivity index (χ0n) is 11.5. The van der Waals surface area contributed by atoms with Crippen molar-refractivity contribution in [1.29, 1.82) is 0 Å². The topological polar surface area (TPSA) is 69.7 Å². The number of rotatable bonds is 2. The standard InChI is InChI=1S/C13H21N3O3/c1-9-10(2)13(19)16(12(9)18)8-11(17)15-6-3-4-14-5-7-15/h9-10,14H,3-8H2,1-2H3. The Morgan fingerprint density at radius 1 is 1.16 bits per heavy atom. The Bertz CT molecular complexity index is 369. The highest BCUT2D eigenvalue weighted by Crippen LogP contribution is 2.25. The van der Waals surface area contributed by atoms with E-state index in [1.165, 1.54) is 0 Å². The summed E-state index contributed by atoms with van der Waals surface area (Å²) in [5.74, 6) is -1.21. The minimum Gasteiger partial charge on any atom is -0.340 e. The van der Waals surface area contributed by atoms with Gasteiger partial charge >= 0.3 is 0 Å². The van der Waals surface area contributed by atoms with Gasteiger partial charge in [-0.15, -0.1) is 0 Å². The van der Waals surface area contributed by atoms with Gasteiger partial charge in [-0.25, -0.2) is 0 Å². The van der Waals surface area contributed by atoms with Crippen LogP contribution in [0.4, 0.5) is 0 Å². The smallest absolute Gasteiger partial charge is 0.242 e. The normalized spacial score (nSPS) is 28.7. The maximum Gasteiger partial charge on any atom is 0.242 e. The van der Waals surface area contributed by atoms with Crippen molar-refractivity contribution >= 4 is 17.7 Å². The molecule has 2 unspecified atom stereocenters. The molecule has 2 rings (SSSR count). The highest BCUT2D eigenvalue weighted by molar-refractivity contribution is 6.06. The van der Waals surface area contributed by atoms with E-state index in [1.807, 2.05) is 0 Å². The summed E-state index contributed by atoms with van der Waals surface area (Å²) in [6, 6.07) is 0. The fourth-order valence-corrected chi connectivity index (χ4v) is 2.51. The first-order valence-electron chi connectivity index (χ1n) is 6.86. The second kappa shape index (κ2) is 5.69. The van der Waals surface area contributed by atoms with Crippen molar-refractivity contribution in [1.82, 2.24) is 15.1 Å². The van der Waals surface area contributed by atoms with E-state index >= 15 is 0 Å². The maximum absolute atomic E-state index is 12.2. The highest BCUT2D eigenvalue weighted by atomic mass is 16.2. The van der Waals surface area contributed by atoms with E-state index in [9.17, 15) is 14.4 Å². The van der Waals surface area contributed by atoms with E-state index in [4.69, 9.17) is 0 Å². The van der Waals surface area contributed by atoms with Crippen LogP contribution >= 0.6 is 0 Å². The third kappa shape index (κ3) is 2.78. The van der Waals surface area contributed by atoms with Crippen molar-refractivity contribution in [2.45, 2.75) is 20.3 Å². The van der Waals surface area contributed by atoms with Crippen LogP contribution in [0.25, 0.3) is 0 Å². The fraction of sp³-hybridized carbons (Fsp3) is 0.769. The van der Waals surface area contributed by atoms with Crippen molar-refractivity contribution < 1.29 is 14.4 Å². The van der Waals surface area contributed by atoms with E-state index < -0.39 is 0 Å². The average Bonchev–Trinajstić information content (AvgIpc) is 2.66. The molecule has 0 aromatic rings. The number of hydrogen-bond acceptors (Lipinski definition) is 4. The van der Waals surface area contributed by atoms with Crippen LogP contribution in [0.2, 0.25) is 0 Å². The fourth-order valence-electron chi connectivity index (χ4n) is 2.51. The van der Waals surface area contributed by atoms with Crippen LogP contribution in [0.3, 0.4) is 0 Å². The Morgan fingerprint density at radius 3 is 2.42 bits per heavy atom. The van der Waals surface area contributed by atoms with Gasteiger partial charge in [0.15, 0.2) is 0 Å². The molecule has 6 heteroatoms. The maximum atomic E-state index is 12.2. The van der Waals surface area contributed by atoms with Gasteiger partial charge in [0.2, 0.25) is 17.7 Å². The van der Waals surface area contributed by atoms with Gasteiger partial charge in [-0.2, -0.15) is 0 Å². The Morgan fingerprint density at radius 2 is 1.79 bits per heavy atom. The van der Waals surface area contributed by atoms with E-state index in [2.05, 4.69) is 5.32 Å². The summed E-state index contributed by atoms with van der Waals surface area (Å²) in [6.45, 7) is 6.37. The molecule has 3 amide bonds. The van der Waals surface area contributed by atoms with Gasteiger partial charge in [0, 0.05) is 31.5 Å². The first-order chi connectivity index (χ1) is 9.02. The van der Waals surface area contributed by atoms with Gasteiger partial charge in [0.05, 0.1) is 0 Å². The van der Waals surface area contributed by atoms with Crippen LogP contribution in [-0.2, 0) is 14.4 Å². The molecule has 0 saturated carbocycles. The second-order valence-corrected chi connectivity index (χ2v) is 5.32. The first-order valence-corrected chi connectivity index (χ1v) is 6.86. The largest absolute Gasteiger partial charge is 0.340 e. The molecule has 2 aliphatic rings. The number of carbonyl (C=O) groups is 3. The van der Waals surface area contributed by atoms with Crippen molar-refractivity contribution in [2.75, 3.05) is 32.7 Å². The molecule has 2 fully saturated rings. The average molecular weight is 267 g/mol. The summed E-state index contributed by atoms with van der Waals surface area (Å²) in [6.07, 6.45) is 0.903. The lowest BCUT2D eigenvalue weighted by molar-refractivity contribution is -0.146. The molecule has 0 aromatic heterocycles. The van der Waals surface area contributed by atoms with Crippen LogP contribution in [-0.4, -0.2) is 60.2 Å². The zero-order chi connectivity index (χ0) is 14.0. The lowest BCUT2D eigenvalue weighted by atomic mass is 10.00. The predicted molar refractivity (Wildman–Crippen MR) is 69.1 cm³/mol. The van der Waals surface area contributed by atoms with Crippen LogP contribution in [0, 0.1) is 11.8 Å². The monoisotopic (exact) mass is 267 g/mol. The number of imide groups is 1. The van der Waals surface area contributed by atoms with E-state index in [0.717, 1.165) is 24.4 Å². The second-order valence-electron chi connectivity index (χ2n) is 5.32. The molecule has 0 aromatic carbocycles. The summed E-state index contributed by atoms with van der Waals surface area (Å²) in [7, 11) is 0. The number of nitrogens with one attached hydrogen (secondary N) is 1. The predicted octanol–water partition coefficient (Wildman–Crippen LogP) is -0.551. The molecule has 106 valence electrons. The van der Waals surface area contributed by atoms with E-state index in [0.29, 0.717) is 13.1 Å². The minimum atomic E-state index is -0.314. The van der Waals surface area contributed by atoms with Gasteiger partial charge in [-0.1, -0.05) is 13.8 Å². The van der Waals surface area contributed by atoms with Crippen LogP contribution < -0.4 is 5.32 Å². The number of likely N-dealkylation sites (tertiary alicyclic amines) is 1. The number of nitrogens with zero attached hydrogens (tertiary/aromatic N) is 2. The molecule has 2 saturated heterocycles. The quantitative estimate of drug-likeness (QED) is 0.682. The zero-order valence-corrected chi connectivity index (χ0v) is 11.5. The number of carbonyl (C=O) groups excluding carboxylic acids is 3. The van der Waals surface area contributed by atoms with Gasteiger partial charge < -0.3 is 10.2 Å². The Labute approximate surface area is 113 Å². The summed E-state index contributed by atoms with van der Waals surface area (Å²) in [5, 5.41) is 3.22. The third-order valence-electron chi connectivity index (χ3n) is 4.05. The molecule has 0 radical (unpaired) electrons. The van der Waals surface area contributed by atoms with Crippen LogP contribution in [0.1, 0.15) is 20.3 Å². The van der Waals surface area contributed by atoms with Gasteiger partial charge in [0.25, 0.3) is 0 Å². The molecular formula is C13H21N3O3. The van der Waals surface area contributed by atoms with Crippen LogP contribution in [0.5, 0.6) is 0 Å². The van der Waals surface area contributed by atoms with Gasteiger partial charge in [-0.3, -0.25) is 19.3 Å². The van der Waals surface area contributed by atoms with Crippen molar-refractivity contribution in [3.05, 3.63) is 0 Å². The SMILES string of the molecule is CC1C(=O)N(CC(=O)N2CCCNCC2)C(=O)C1C. The lowest BCUT2D eigenvalue weighted by Crippen LogP contribution is -2.44. The molecule has 6 nitrogen and oxygen atoms in total. The number of hydrogen-bond donors (Lipinski definition) is 1. The van der Waals surface area contributed by atoms with Crippen molar-refractivity contribution in [3.63, 3.8) is 0 Å². The molecule has 0 aliphatic carbocycles. The molecule has 0 bridgehead atoms. The highest BCUT2D eigenvalue weighted by Gasteiger charge is 2.43. The summed E-state index contributed by atoms with van der Waals surface area (Å²) < 4.78 is 0. The van der Waals surface area contributed by atoms with Gasteiger partial charge in [0.1, 0.15) is 6.54 Å². The summed E-state index contributed by atoms with van der Waals surface area (Å²) >= 11 is 0. The molecule has 1 N–H and O–H groups in total. The summed E-state index contributed by atoms with van der Waals surface area (Å²) in [4.78, 5) is 38.9. The molecule has 2 atom stereocenters. The minimum absolute atomic E-state index is 0.105. The third-order valence-corrected chi connectivity index (χ3v) is 4.05. The molecule has 0 spiro atoms. The molecule has 2 aliphatic heterocycles. The molecule has 19 heavy (non-hydrogen) atoms. The van der Waals surface area contributed by atoms with Crippen LogP contribution in [0.15, 0.2) is 0 Å². The van der Waals surface area contributed by atoms with E-state index in [-0.39, 0.29) is 36.1 Å². The summed E-state index contributed by atoms with van der Waals surface area (Å²) in [5.41, 5.74) is 0. The van der Waals surface area contributed by atoms with Crippen molar-refractivity contribution in [3.8, 4) is 0 Å².